The Labute approximate surface area is 180 Å². The van der Waals surface area contributed by atoms with E-state index in [1.807, 2.05) is 61.5 Å². The number of amidine groups is 1. The molecule has 1 amide bonds. The van der Waals surface area contributed by atoms with Crippen molar-refractivity contribution in [3.63, 3.8) is 0 Å². The molecule has 0 bridgehead atoms. The zero-order valence-electron chi connectivity index (χ0n) is 16.9. The molecule has 4 rings (SSSR count). The maximum absolute atomic E-state index is 12.4. The highest BCUT2D eigenvalue weighted by molar-refractivity contribution is 8.18. The van der Waals surface area contributed by atoms with E-state index in [1.54, 1.807) is 0 Å². The molecule has 1 saturated heterocycles. The summed E-state index contributed by atoms with van der Waals surface area (Å²) in [6.07, 6.45) is 1.85. The summed E-state index contributed by atoms with van der Waals surface area (Å²) < 4.78 is 6.03. The summed E-state index contributed by atoms with van der Waals surface area (Å²) in [5.74, 6) is 0.585. The maximum atomic E-state index is 12.4. The van der Waals surface area contributed by atoms with Crippen molar-refractivity contribution < 1.29 is 9.53 Å². The van der Waals surface area contributed by atoms with Gasteiger partial charge in [-0.1, -0.05) is 65.7 Å². The van der Waals surface area contributed by atoms with Gasteiger partial charge in [0.15, 0.2) is 5.17 Å². The van der Waals surface area contributed by atoms with Gasteiger partial charge in [-0.25, -0.2) is 4.99 Å². The number of nitrogens with zero attached hydrogens (tertiary/aromatic N) is 1. The second-order valence-corrected chi connectivity index (χ2v) is 8.16. The molecule has 0 aromatic heterocycles. The summed E-state index contributed by atoms with van der Waals surface area (Å²) in [4.78, 5) is 17.5. The summed E-state index contributed by atoms with van der Waals surface area (Å²) in [5.41, 5.74) is 5.16. The molecule has 0 spiro atoms. The molecule has 1 N–H and O–H groups in total. The van der Waals surface area contributed by atoms with Crippen molar-refractivity contribution >= 4 is 34.6 Å². The van der Waals surface area contributed by atoms with Gasteiger partial charge < -0.3 is 10.1 Å². The fourth-order valence-electron chi connectivity index (χ4n) is 2.93. The summed E-state index contributed by atoms with van der Waals surface area (Å²) in [6, 6.07) is 23.9. The van der Waals surface area contributed by atoms with Crippen LogP contribution in [0.2, 0.25) is 0 Å². The van der Waals surface area contributed by atoms with Gasteiger partial charge in [-0.15, -0.1) is 0 Å². The monoisotopic (exact) mass is 414 g/mol. The summed E-state index contributed by atoms with van der Waals surface area (Å²) >= 11 is 1.33. The third kappa shape index (κ3) is 4.99. The number of para-hydroxylation sites is 1. The number of carbonyl (C=O) groups excluding carboxylic acids is 1. The SMILES string of the molecule is Cc1ccc(COc2ccccc2/C=C2/SC(=Nc3ccc(C)cc3)NC2=O)cc1. The Hall–Kier alpha value is -3.31. The van der Waals surface area contributed by atoms with E-state index in [9.17, 15) is 4.79 Å². The van der Waals surface area contributed by atoms with Crippen LogP contribution in [0.3, 0.4) is 0 Å². The van der Waals surface area contributed by atoms with Crippen molar-refractivity contribution in [3.05, 3.63) is 100.0 Å². The Morgan fingerprint density at radius 3 is 2.33 bits per heavy atom. The lowest BCUT2D eigenvalue weighted by Gasteiger charge is -2.10. The molecule has 0 aliphatic carbocycles. The number of amides is 1. The molecule has 0 unspecified atom stereocenters. The lowest BCUT2D eigenvalue weighted by molar-refractivity contribution is -0.115. The number of ether oxygens (including phenoxy) is 1. The molecule has 0 radical (unpaired) electrons. The van der Waals surface area contributed by atoms with Crippen molar-refractivity contribution in [1.29, 1.82) is 0 Å². The smallest absolute Gasteiger partial charge is 0.264 e. The molecule has 1 fully saturated rings. The Kier molecular flexibility index (Phi) is 6.00. The molecule has 3 aromatic rings. The number of benzene rings is 3. The van der Waals surface area contributed by atoms with Crippen LogP contribution < -0.4 is 10.1 Å². The van der Waals surface area contributed by atoms with Crippen LogP contribution in [0.4, 0.5) is 5.69 Å². The average molecular weight is 415 g/mol. The van der Waals surface area contributed by atoms with Gasteiger partial charge >= 0.3 is 0 Å². The van der Waals surface area contributed by atoms with Crippen LogP contribution >= 0.6 is 11.8 Å². The minimum absolute atomic E-state index is 0.154. The lowest BCUT2D eigenvalue weighted by atomic mass is 10.1. The maximum Gasteiger partial charge on any atom is 0.264 e. The van der Waals surface area contributed by atoms with Crippen LogP contribution in [-0.4, -0.2) is 11.1 Å². The highest BCUT2D eigenvalue weighted by Crippen LogP contribution is 2.31. The highest BCUT2D eigenvalue weighted by atomic mass is 32.2. The molecule has 1 aliphatic heterocycles. The summed E-state index contributed by atoms with van der Waals surface area (Å²) in [5, 5.41) is 3.41. The van der Waals surface area contributed by atoms with E-state index in [0.717, 1.165) is 22.6 Å². The number of hydrogen-bond donors (Lipinski definition) is 1. The first-order chi connectivity index (χ1) is 14.6. The third-order valence-corrected chi connectivity index (χ3v) is 5.55. The minimum Gasteiger partial charge on any atom is -0.488 e. The van der Waals surface area contributed by atoms with Gasteiger partial charge in [0.1, 0.15) is 12.4 Å². The molecule has 30 heavy (non-hydrogen) atoms. The average Bonchev–Trinajstić information content (AvgIpc) is 3.09. The molecular formula is C25H22N2O2S. The van der Waals surface area contributed by atoms with Crippen LogP contribution in [0.25, 0.3) is 6.08 Å². The van der Waals surface area contributed by atoms with Crippen molar-refractivity contribution in [2.45, 2.75) is 20.5 Å². The predicted octanol–water partition coefficient (Wildman–Crippen LogP) is 5.77. The molecule has 5 heteroatoms. The fourth-order valence-corrected chi connectivity index (χ4v) is 3.77. The zero-order valence-corrected chi connectivity index (χ0v) is 17.7. The van der Waals surface area contributed by atoms with Gasteiger partial charge in [0.2, 0.25) is 0 Å². The molecule has 3 aromatic carbocycles. The summed E-state index contributed by atoms with van der Waals surface area (Å²) in [7, 11) is 0. The first-order valence-corrected chi connectivity index (χ1v) is 10.5. The van der Waals surface area contributed by atoms with Gasteiger partial charge in [-0.05, 0) is 55.4 Å². The van der Waals surface area contributed by atoms with Gasteiger partial charge in [0.05, 0.1) is 10.6 Å². The molecule has 0 atom stereocenters. The first-order valence-electron chi connectivity index (χ1n) is 9.70. The summed E-state index contributed by atoms with van der Waals surface area (Å²) in [6.45, 7) is 4.56. The van der Waals surface area contributed by atoms with Gasteiger partial charge in [0, 0.05) is 5.56 Å². The number of thioether (sulfide) groups is 1. The molecule has 1 aliphatic rings. The Bertz CT molecular complexity index is 1120. The van der Waals surface area contributed by atoms with Crippen LogP contribution in [-0.2, 0) is 11.4 Å². The van der Waals surface area contributed by atoms with Crippen molar-refractivity contribution in [2.75, 3.05) is 0 Å². The van der Waals surface area contributed by atoms with E-state index in [4.69, 9.17) is 4.74 Å². The molecule has 150 valence electrons. The van der Waals surface area contributed by atoms with Crippen LogP contribution in [0.1, 0.15) is 22.3 Å². The topological polar surface area (TPSA) is 50.7 Å². The second kappa shape index (κ2) is 9.01. The van der Waals surface area contributed by atoms with E-state index >= 15 is 0 Å². The van der Waals surface area contributed by atoms with Crippen LogP contribution in [0.5, 0.6) is 5.75 Å². The first kappa shape index (κ1) is 20.0. The van der Waals surface area contributed by atoms with Crippen LogP contribution in [0, 0.1) is 13.8 Å². The van der Waals surface area contributed by atoms with E-state index in [2.05, 4.69) is 41.5 Å². The Morgan fingerprint density at radius 2 is 1.60 bits per heavy atom. The van der Waals surface area contributed by atoms with Gasteiger partial charge in [-0.3, -0.25) is 4.79 Å². The minimum atomic E-state index is -0.154. The second-order valence-electron chi connectivity index (χ2n) is 7.13. The molecule has 1 heterocycles. The van der Waals surface area contributed by atoms with Gasteiger partial charge in [-0.2, -0.15) is 0 Å². The van der Waals surface area contributed by atoms with Gasteiger partial charge in [0.25, 0.3) is 5.91 Å². The van der Waals surface area contributed by atoms with E-state index < -0.39 is 0 Å². The zero-order chi connectivity index (χ0) is 20.9. The number of aryl methyl sites for hydroxylation is 2. The van der Waals surface area contributed by atoms with Crippen molar-refractivity contribution in [3.8, 4) is 5.75 Å². The molecule has 0 saturated carbocycles. The van der Waals surface area contributed by atoms with E-state index in [0.29, 0.717) is 16.7 Å². The molecule has 4 nitrogen and oxygen atoms in total. The number of hydrogen-bond acceptors (Lipinski definition) is 4. The highest BCUT2D eigenvalue weighted by Gasteiger charge is 2.24. The lowest BCUT2D eigenvalue weighted by Crippen LogP contribution is -2.19. The normalized spacial score (nSPS) is 16.1. The fraction of sp³-hybridized carbons (Fsp3) is 0.120. The van der Waals surface area contributed by atoms with Crippen molar-refractivity contribution in [1.82, 2.24) is 5.32 Å². The standard InChI is InChI=1S/C25H22N2O2S/c1-17-7-11-19(12-8-17)16-29-22-6-4-3-5-20(22)15-23-24(28)27-25(30-23)26-21-13-9-18(2)10-14-21/h3-15H,16H2,1-2H3,(H,26,27,28)/b23-15+. The predicted molar refractivity (Wildman–Crippen MR) is 124 cm³/mol. The number of aliphatic imine (C=N–C) groups is 1. The largest absolute Gasteiger partial charge is 0.488 e. The van der Waals surface area contributed by atoms with Crippen LogP contribution in [0.15, 0.2) is 82.7 Å². The van der Waals surface area contributed by atoms with E-state index in [-0.39, 0.29) is 5.91 Å². The Balaban J connectivity index is 1.51. The van der Waals surface area contributed by atoms with Crippen molar-refractivity contribution in [2.24, 2.45) is 4.99 Å². The Morgan fingerprint density at radius 1 is 0.933 bits per heavy atom. The number of nitrogens with one attached hydrogen (secondary N) is 1. The third-order valence-electron chi connectivity index (χ3n) is 4.64. The number of carbonyl (C=O) groups is 1. The van der Waals surface area contributed by atoms with E-state index in [1.165, 1.54) is 22.9 Å². The molecular weight excluding hydrogens is 392 g/mol. The number of rotatable bonds is 5. The quantitative estimate of drug-likeness (QED) is 0.539.